The Bertz CT molecular complexity index is 807. The van der Waals surface area contributed by atoms with E-state index in [0.29, 0.717) is 11.8 Å². The first-order valence-electron chi connectivity index (χ1n) is 8.20. The lowest BCUT2D eigenvalue weighted by atomic mass is 9.84. The van der Waals surface area contributed by atoms with Gasteiger partial charge in [-0.15, -0.1) is 0 Å². The Morgan fingerprint density at radius 2 is 1.91 bits per heavy atom. The summed E-state index contributed by atoms with van der Waals surface area (Å²) in [6.07, 6.45) is 5.11. The Labute approximate surface area is 140 Å². The quantitative estimate of drug-likeness (QED) is 0.903. The maximum atomic E-state index is 12.8. The number of aromatic nitrogens is 1. The van der Waals surface area contributed by atoms with Gasteiger partial charge in [-0.2, -0.15) is 0 Å². The summed E-state index contributed by atoms with van der Waals surface area (Å²) in [5, 5.41) is 3.11. The number of piperidine rings is 1. The number of hydrogen-bond acceptors (Lipinski definition) is 1. The summed E-state index contributed by atoms with van der Waals surface area (Å²) in [4.78, 5) is 12.8. The van der Waals surface area contributed by atoms with Gasteiger partial charge in [0.25, 0.3) is 5.56 Å². The first kappa shape index (κ1) is 14.7. The Morgan fingerprint density at radius 3 is 2.74 bits per heavy atom. The SMILES string of the molecule is O=c1c(/C=C/c2ccc(Cl)cc2)ccc2n1C[C@@H]1C[NH2+]C[C@H]2C1. The van der Waals surface area contributed by atoms with E-state index in [1.54, 1.807) is 0 Å². The van der Waals surface area contributed by atoms with Crippen molar-refractivity contribution in [2.45, 2.75) is 18.9 Å². The van der Waals surface area contributed by atoms with Crippen molar-refractivity contribution in [3.63, 3.8) is 0 Å². The van der Waals surface area contributed by atoms with Crippen LogP contribution in [-0.2, 0) is 6.54 Å². The summed E-state index contributed by atoms with van der Waals surface area (Å²) in [6.45, 7) is 3.12. The molecule has 0 unspecified atom stereocenters. The first-order chi connectivity index (χ1) is 11.2. The number of pyridine rings is 1. The van der Waals surface area contributed by atoms with E-state index in [1.807, 2.05) is 47.1 Å². The van der Waals surface area contributed by atoms with E-state index in [0.717, 1.165) is 35.8 Å². The Balaban J connectivity index is 1.67. The molecule has 2 aliphatic rings. The van der Waals surface area contributed by atoms with Gasteiger partial charge in [-0.05, 0) is 42.3 Å². The third-order valence-electron chi connectivity index (χ3n) is 4.99. The molecule has 2 N–H and O–H groups in total. The number of rotatable bonds is 2. The number of fused-ring (bicyclic) bond motifs is 4. The lowest BCUT2D eigenvalue weighted by Gasteiger charge is -2.35. The fraction of sp³-hybridized carbons (Fsp3) is 0.316. The summed E-state index contributed by atoms with van der Waals surface area (Å²) in [5.41, 5.74) is 3.16. The van der Waals surface area contributed by atoms with Crippen LogP contribution in [0.25, 0.3) is 12.2 Å². The molecule has 3 nitrogen and oxygen atoms in total. The van der Waals surface area contributed by atoms with E-state index in [2.05, 4.69) is 11.4 Å². The number of nitrogens with zero attached hydrogens (tertiary/aromatic N) is 1. The first-order valence-corrected chi connectivity index (χ1v) is 8.57. The Kier molecular flexibility index (Phi) is 3.83. The van der Waals surface area contributed by atoms with Gasteiger partial charge in [0, 0.05) is 34.7 Å². The lowest BCUT2D eigenvalue weighted by molar-refractivity contribution is -0.673. The molecule has 2 bridgehead atoms. The zero-order chi connectivity index (χ0) is 15.8. The van der Waals surface area contributed by atoms with Crippen molar-refractivity contribution in [2.75, 3.05) is 13.1 Å². The maximum absolute atomic E-state index is 12.8. The topological polar surface area (TPSA) is 38.6 Å². The predicted molar refractivity (Wildman–Crippen MR) is 93.6 cm³/mol. The maximum Gasteiger partial charge on any atom is 0.258 e. The average Bonchev–Trinajstić information content (AvgIpc) is 2.57. The third-order valence-corrected chi connectivity index (χ3v) is 5.24. The van der Waals surface area contributed by atoms with Crippen LogP contribution in [0.1, 0.15) is 29.2 Å². The smallest absolute Gasteiger partial charge is 0.258 e. The molecule has 23 heavy (non-hydrogen) atoms. The van der Waals surface area contributed by atoms with Crippen LogP contribution in [-0.4, -0.2) is 17.7 Å². The van der Waals surface area contributed by atoms with E-state index in [9.17, 15) is 4.79 Å². The average molecular weight is 328 g/mol. The molecule has 0 amide bonds. The van der Waals surface area contributed by atoms with Gasteiger partial charge in [0.1, 0.15) is 0 Å². The van der Waals surface area contributed by atoms with Crippen molar-refractivity contribution < 1.29 is 5.32 Å². The zero-order valence-electron chi connectivity index (χ0n) is 12.9. The molecule has 0 spiro atoms. The molecule has 2 aliphatic heterocycles. The van der Waals surface area contributed by atoms with Crippen molar-refractivity contribution in [1.82, 2.24) is 4.57 Å². The van der Waals surface area contributed by atoms with Crippen LogP contribution in [0, 0.1) is 5.92 Å². The third kappa shape index (κ3) is 2.87. The van der Waals surface area contributed by atoms with Gasteiger partial charge in [-0.3, -0.25) is 4.79 Å². The number of quaternary nitrogens is 1. The predicted octanol–water partition coefficient (Wildman–Crippen LogP) is 2.35. The molecule has 0 radical (unpaired) electrons. The normalized spacial score (nSPS) is 23.0. The second-order valence-electron chi connectivity index (χ2n) is 6.57. The molecule has 3 heterocycles. The fourth-order valence-corrected chi connectivity index (χ4v) is 3.94. The highest BCUT2D eigenvalue weighted by atomic mass is 35.5. The molecule has 1 saturated heterocycles. The zero-order valence-corrected chi connectivity index (χ0v) is 13.7. The molecule has 2 aromatic rings. The minimum absolute atomic E-state index is 0.143. The molecule has 1 aromatic heterocycles. The molecule has 0 saturated carbocycles. The molecule has 4 rings (SSSR count). The van der Waals surface area contributed by atoms with E-state index >= 15 is 0 Å². The van der Waals surface area contributed by atoms with Crippen LogP contribution >= 0.6 is 11.6 Å². The molecule has 4 heteroatoms. The number of benzene rings is 1. The highest BCUT2D eigenvalue weighted by Gasteiger charge is 2.33. The van der Waals surface area contributed by atoms with Gasteiger partial charge < -0.3 is 9.88 Å². The van der Waals surface area contributed by atoms with Crippen LogP contribution in [0.2, 0.25) is 5.02 Å². The summed E-state index contributed by atoms with van der Waals surface area (Å²) in [7, 11) is 0. The van der Waals surface area contributed by atoms with Crippen LogP contribution in [0.5, 0.6) is 0 Å². The minimum atomic E-state index is 0.143. The van der Waals surface area contributed by atoms with Crippen molar-refractivity contribution in [1.29, 1.82) is 0 Å². The Hall–Kier alpha value is -1.84. The summed E-state index contributed by atoms with van der Waals surface area (Å²) < 4.78 is 2.01. The van der Waals surface area contributed by atoms with Crippen molar-refractivity contribution >= 4 is 23.8 Å². The minimum Gasteiger partial charge on any atom is -0.345 e. The van der Waals surface area contributed by atoms with E-state index in [1.165, 1.54) is 12.1 Å². The van der Waals surface area contributed by atoms with Crippen molar-refractivity contribution in [3.05, 3.63) is 68.6 Å². The van der Waals surface area contributed by atoms with Gasteiger partial charge in [-0.1, -0.05) is 29.8 Å². The molecule has 2 atom stereocenters. The second-order valence-corrected chi connectivity index (χ2v) is 7.01. The monoisotopic (exact) mass is 327 g/mol. The lowest BCUT2D eigenvalue weighted by Crippen LogP contribution is -2.89. The molecule has 1 fully saturated rings. The van der Waals surface area contributed by atoms with Gasteiger partial charge in [0.15, 0.2) is 0 Å². The molecular weight excluding hydrogens is 308 g/mol. The second kappa shape index (κ2) is 5.99. The largest absolute Gasteiger partial charge is 0.345 e. The number of hydrogen-bond donors (Lipinski definition) is 1. The van der Waals surface area contributed by atoms with Gasteiger partial charge in [0.05, 0.1) is 13.1 Å². The van der Waals surface area contributed by atoms with Crippen LogP contribution in [0.15, 0.2) is 41.2 Å². The van der Waals surface area contributed by atoms with Crippen LogP contribution in [0.4, 0.5) is 0 Å². The number of halogens is 1. The van der Waals surface area contributed by atoms with Gasteiger partial charge >= 0.3 is 0 Å². The molecule has 118 valence electrons. The summed E-state index contributed by atoms with van der Waals surface area (Å²) in [6, 6.07) is 11.7. The fourth-order valence-electron chi connectivity index (χ4n) is 3.82. The van der Waals surface area contributed by atoms with Crippen molar-refractivity contribution in [3.8, 4) is 0 Å². The van der Waals surface area contributed by atoms with Gasteiger partial charge in [-0.25, -0.2) is 0 Å². The Morgan fingerprint density at radius 1 is 1.09 bits per heavy atom. The van der Waals surface area contributed by atoms with E-state index in [4.69, 9.17) is 11.6 Å². The standard InChI is InChI=1S/C19H19ClN2O/c20-17-6-2-13(3-7-17)1-4-15-5-8-18-16-9-14(10-21-11-16)12-22(18)19(15)23/h1-8,14,16,21H,9-12H2/p+1/b4-1+/t14-,16+/m0/s1. The van der Waals surface area contributed by atoms with E-state index < -0.39 is 0 Å². The van der Waals surface area contributed by atoms with E-state index in [-0.39, 0.29) is 5.56 Å². The molecular formula is C19H20ClN2O+. The number of nitrogens with two attached hydrogens (primary N) is 1. The highest BCUT2D eigenvalue weighted by Crippen LogP contribution is 2.29. The van der Waals surface area contributed by atoms with Crippen molar-refractivity contribution in [2.24, 2.45) is 5.92 Å². The van der Waals surface area contributed by atoms with Gasteiger partial charge in [0.2, 0.25) is 0 Å². The summed E-state index contributed by atoms with van der Waals surface area (Å²) >= 11 is 5.90. The summed E-state index contributed by atoms with van der Waals surface area (Å²) in [5.74, 6) is 1.17. The van der Waals surface area contributed by atoms with Crippen LogP contribution < -0.4 is 10.9 Å². The highest BCUT2D eigenvalue weighted by molar-refractivity contribution is 6.30. The molecule has 0 aliphatic carbocycles. The molecule has 1 aromatic carbocycles. The van der Waals surface area contributed by atoms with Crippen LogP contribution in [0.3, 0.4) is 0 Å².